The highest BCUT2D eigenvalue weighted by atomic mass is 19.1. The van der Waals surface area contributed by atoms with E-state index in [0.717, 1.165) is 17.2 Å². The van der Waals surface area contributed by atoms with E-state index < -0.39 is 11.9 Å². The maximum atomic E-state index is 13.2. The van der Waals surface area contributed by atoms with E-state index >= 15 is 0 Å². The fraction of sp³-hybridized carbons (Fsp3) is 0.154. The number of nitrogens with zero attached hydrogens (tertiary/aromatic N) is 1. The minimum absolute atomic E-state index is 0.0146. The van der Waals surface area contributed by atoms with Crippen molar-refractivity contribution in [2.45, 2.75) is 12.3 Å². The molecule has 1 aliphatic carbocycles. The third-order valence-corrected chi connectivity index (χ3v) is 5.19. The van der Waals surface area contributed by atoms with Gasteiger partial charge >= 0.3 is 6.09 Å². The Morgan fingerprint density at radius 3 is 2.35 bits per heavy atom. The molecule has 3 aromatic carbocycles. The van der Waals surface area contributed by atoms with Crippen LogP contribution in [-0.4, -0.2) is 19.2 Å². The number of halogens is 1. The normalized spacial score (nSPS) is 11.5. The van der Waals surface area contributed by atoms with Crippen LogP contribution in [0.3, 0.4) is 0 Å². The first-order valence-corrected chi connectivity index (χ1v) is 9.94. The molecule has 1 N–H and O–H groups in total. The Hall–Kier alpha value is -4.09. The standard InChI is InChI=1S/C26H19FN2O2/c27-20-13-12-18(19(15-20)16-28)7-5-6-14-29-26(30)31-17-25-23-10-3-1-8-21(23)22-9-2-4-11-24(22)25/h1-4,8-13,15,25H,6,14,17H2,(H,29,30). The minimum atomic E-state index is -0.497. The minimum Gasteiger partial charge on any atom is -0.449 e. The van der Waals surface area contributed by atoms with E-state index in [1.165, 1.54) is 23.3 Å². The summed E-state index contributed by atoms with van der Waals surface area (Å²) in [6.07, 6.45) is -0.116. The number of hydrogen-bond acceptors (Lipinski definition) is 3. The third kappa shape index (κ3) is 4.42. The van der Waals surface area contributed by atoms with Crippen molar-refractivity contribution in [1.29, 1.82) is 5.26 Å². The maximum Gasteiger partial charge on any atom is 0.407 e. The summed E-state index contributed by atoms with van der Waals surface area (Å²) in [6, 6.07) is 22.1. The first-order chi connectivity index (χ1) is 15.2. The molecule has 0 saturated heterocycles. The topological polar surface area (TPSA) is 62.1 Å². The molecule has 4 rings (SSSR count). The van der Waals surface area contributed by atoms with Gasteiger partial charge in [-0.1, -0.05) is 60.4 Å². The number of benzene rings is 3. The second-order valence-electron chi connectivity index (χ2n) is 7.11. The van der Waals surface area contributed by atoms with Crippen molar-refractivity contribution in [1.82, 2.24) is 5.32 Å². The maximum absolute atomic E-state index is 13.2. The average Bonchev–Trinajstić information content (AvgIpc) is 3.12. The number of ether oxygens (including phenoxy) is 1. The smallest absolute Gasteiger partial charge is 0.407 e. The van der Waals surface area contributed by atoms with E-state index in [1.54, 1.807) is 0 Å². The molecule has 0 unspecified atom stereocenters. The lowest BCUT2D eigenvalue weighted by molar-refractivity contribution is 0.143. The van der Waals surface area contributed by atoms with Gasteiger partial charge in [0.15, 0.2) is 0 Å². The monoisotopic (exact) mass is 410 g/mol. The molecule has 0 heterocycles. The fourth-order valence-corrected chi connectivity index (χ4v) is 3.75. The van der Waals surface area contributed by atoms with Crippen molar-refractivity contribution in [2.24, 2.45) is 0 Å². The largest absolute Gasteiger partial charge is 0.449 e. The zero-order valence-electron chi connectivity index (χ0n) is 16.7. The molecule has 0 atom stereocenters. The van der Waals surface area contributed by atoms with Gasteiger partial charge in [-0.25, -0.2) is 9.18 Å². The van der Waals surface area contributed by atoms with Gasteiger partial charge in [-0.15, -0.1) is 0 Å². The lowest BCUT2D eigenvalue weighted by Gasteiger charge is -2.14. The summed E-state index contributed by atoms with van der Waals surface area (Å²) in [7, 11) is 0. The summed E-state index contributed by atoms with van der Waals surface area (Å²) in [5.41, 5.74) is 5.34. The summed E-state index contributed by atoms with van der Waals surface area (Å²) < 4.78 is 18.6. The molecule has 0 aliphatic heterocycles. The lowest BCUT2D eigenvalue weighted by Crippen LogP contribution is -2.26. The Morgan fingerprint density at radius 2 is 1.68 bits per heavy atom. The number of rotatable bonds is 4. The van der Waals surface area contributed by atoms with Gasteiger partial charge in [0.25, 0.3) is 0 Å². The molecule has 0 radical (unpaired) electrons. The van der Waals surface area contributed by atoms with Crippen molar-refractivity contribution >= 4 is 6.09 Å². The average molecular weight is 410 g/mol. The Morgan fingerprint density at radius 1 is 1.00 bits per heavy atom. The van der Waals surface area contributed by atoms with Crippen LogP contribution in [0.25, 0.3) is 11.1 Å². The Balaban J connectivity index is 1.30. The molecular weight excluding hydrogens is 391 g/mol. The molecule has 4 nitrogen and oxygen atoms in total. The number of hydrogen-bond donors (Lipinski definition) is 1. The van der Waals surface area contributed by atoms with Gasteiger partial charge in [0.1, 0.15) is 18.5 Å². The second-order valence-corrected chi connectivity index (χ2v) is 7.11. The SMILES string of the molecule is N#Cc1cc(F)ccc1C#CCCNC(=O)OCC1c2ccccc2-c2ccccc21. The second kappa shape index (κ2) is 9.15. The Kier molecular flexibility index (Phi) is 5.96. The lowest BCUT2D eigenvalue weighted by atomic mass is 9.98. The zero-order chi connectivity index (χ0) is 21.6. The third-order valence-electron chi connectivity index (χ3n) is 5.19. The molecule has 152 valence electrons. The summed E-state index contributed by atoms with van der Waals surface area (Å²) in [6.45, 7) is 0.569. The van der Waals surface area contributed by atoms with Gasteiger partial charge in [0, 0.05) is 24.4 Å². The van der Waals surface area contributed by atoms with Gasteiger partial charge in [-0.05, 0) is 40.5 Å². The zero-order valence-corrected chi connectivity index (χ0v) is 16.7. The molecule has 31 heavy (non-hydrogen) atoms. The summed E-state index contributed by atoms with van der Waals surface area (Å²) >= 11 is 0. The predicted octanol–water partition coefficient (Wildman–Crippen LogP) is 4.98. The van der Waals surface area contributed by atoms with E-state index in [-0.39, 0.29) is 18.1 Å². The molecular formula is C26H19FN2O2. The van der Waals surface area contributed by atoms with E-state index in [4.69, 9.17) is 10.00 Å². The van der Waals surface area contributed by atoms with E-state index in [0.29, 0.717) is 18.5 Å². The number of amides is 1. The number of alkyl carbamates (subject to hydrolysis) is 1. The van der Waals surface area contributed by atoms with Crippen LogP contribution < -0.4 is 5.32 Å². The van der Waals surface area contributed by atoms with Gasteiger partial charge in [-0.2, -0.15) is 5.26 Å². The van der Waals surface area contributed by atoms with Crippen molar-refractivity contribution < 1.29 is 13.9 Å². The first kappa shape index (κ1) is 20.2. The van der Waals surface area contributed by atoms with Crippen molar-refractivity contribution in [3.8, 4) is 29.0 Å². The molecule has 3 aromatic rings. The number of nitriles is 1. The number of carbonyl (C=O) groups excluding carboxylic acids is 1. The summed E-state index contributed by atoms with van der Waals surface area (Å²) in [5, 5.41) is 11.7. The highest BCUT2D eigenvalue weighted by molar-refractivity contribution is 5.79. The highest BCUT2D eigenvalue weighted by Gasteiger charge is 2.28. The van der Waals surface area contributed by atoms with Gasteiger partial charge in [-0.3, -0.25) is 0 Å². The van der Waals surface area contributed by atoms with Crippen LogP contribution >= 0.6 is 0 Å². The van der Waals surface area contributed by atoms with Crippen LogP contribution in [0.2, 0.25) is 0 Å². The van der Waals surface area contributed by atoms with Crippen LogP contribution in [0.4, 0.5) is 9.18 Å². The van der Waals surface area contributed by atoms with Gasteiger partial charge in [0.2, 0.25) is 0 Å². The Labute approximate surface area is 180 Å². The van der Waals surface area contributed by atoms with Gasteiger partial charge in [0.05, 0.1) is 5.56 Å². The molecule has 0 saturated carbocycles. The van der Waals surface area contributed by atoms with Crippen LogP contribution in [0.15, 0.2) is 66.7 Å². The molecule has 0 spiro atoms. The van der Waals surface area contributed by atoms with Gasteiger partial charge < -0.3 is 10.1 Å². The van der Waals surface area contributed by atoms with Crippen LogP contribution in [0.5, 0.6) is 0 Å². The van der Waals surface area contributed by atoms with Crippen molar-refractivity contribution in [3.63, 3.8) is 0 Å². The molecule has 0 bridgehead atoms. The molecule has 1 aliphatic rings. The fourth-order valence-electron chi connectivity index (χ4n) is 3.75. The van der Waals surface area contributed by atoms with E-state index in [1.807, 2.05) is 30.3 Å². The van der Waals surface area contributed by atoms with E-state index in [9.17, 15) is 9.18 Å². The number of nitrogens with one attached hydrogen (secondary N) is 1. The molecule has 0 aromatic heterocycles. The van der Waals surface area contributed by atoms with Crippen LogP contribution in [0, 0.1) is 29.0 Å². The van der Waals surface area contributed by atoms with E-state index in [2.05, 4.69) is 41.4 Å². The molecule has 0 fully saturated rings. The number of carbonyl (C=O) groups is 1. The predicted molar refractivity (Wildman–Crippen MR) is 116 cm³/mol. The Bertz CT molecular complexity index is 1190. The first-order valence-electron chi connectivity index (χ1n) is 9.94. The quantitative estimate of drug-likeness (QED) is 0.488. The van der Waals surface area contributed by atoms with Crippen LogP contribution in [0.1, 0.15) is 34.6 Å². The highest BCUT2D eigenvalue weighted by Crippen LogP contribution is 2.44. The van der Waals surface area contributed by atoms with Crippen molar-refractivity contribution in [3.05, 3.63) is 94.8 Å². The van der Waals surface area contributed by atoms with Crippen LogP contribution in [-0.2, 0) is 4.74 Å². The molecule has 5 heteroatoms. The summed E-state index contributed by atoms with van der Waals surface area (Å²) in [5.74, 6) is 5.25. The molecule has 1 amide bonds. The number of fused-ring (bicyclic) bond motifs is 3. The summed E-state index contributed by atoms with van der Waals surface area (Å²) in [4.78, 5) is 12.1. The van der Waals surface area contributed by atoms with Crippen molar-refractivity contribution in [2.75, 3.05) is 13.2 Å².